The molecule has 0 nitrogen and oxygen atoms in total. The van der Waals surface area contributed by atoms with Gasteiger partial charge in [-0.2, -0.15) is 0 Å². The van der Waals surface area contributed by atoms with Crippen LogP contribution in [0.3, 0.4) is 0 Å². The van der Waals surface area contributed by atoms with Crippen LogP contribution >= 0.6 is 0 Å². The predicted octanol–water partition coefficient (Wildman–Crippen LogP) is 6.28. The lowest BCUT2D eigenvalue weighted by Crippen LogP contribution is -1.87. The summed E-state index contributed by atoms with van der Waals surface area (Å²) in [5, 5.41) is 5.23. The number of fused-ring (bicyclic) bond motifs is 2. The van der Waals surface area contributed by atoms with Gasteiger partial charge < -0.3 is 0 Å². The summed E-state index contributed by atoms with van der Waals surface area (Å²) in [4.78, 5) is 0. The van der Waals surface area contributed by atoms with Crippen LogP contribution in [0, 0.1) is 13.8 Å². The van der Waals surface area contributed by atoms with Gasteiger partial charge in [0.05, 0.1) is 0 Å². The van der Waals surface area contributed by atoms with E-state index in [4.69, 9.17) is 0 Å². The van der Waals surface area contributed by atoms with Crippen molar-refractivity contribution in [1.82, 2.24) is 0 Å². The lowest BCUT2D eigenvalue weighted by atomic mass is 9.93. The standard InChI is InChI=1S/C22H18/c1-15-10-11-20(16(2)12-15)21-9-5-8-19-13-17-6-3-4-7-18(17)14-22(19)21/h3-14H,1-2H3. The second-order valence-electron chi connectivity index (χ2n) is 6.04. The van der Waals surface area contributed by atoms with Crippen molar-refractivity contribution >= 4 is 21.5 Å². The van der Waals surface area contributed by atoms with E-state index in [0.29, 0.717) is 0 Å². The molecule has 4 aromatic carbocycles. The van der Waals surface area contributed by atoms with E-state index in [2.05, 4.69) is 86.6 Å². The average molecular weight is 282 g/mol. The van der Waals surface area contributed by atoms with Gasteiger partial charge in [-0.3, -0.25) is 0 Å². The van der Waals surface area contributed by atoms with Crippen molar-refractivity contribution < 1.29 is 0 Å². The van der Waals surface area contributed by atoms with Crippen LogP contribution in [0.5, 0.6) is 0 Å². The van der Waals surface area contributed by atoms with Crippen molar-refractivity contribution in [2.75, 3.05) is 0 Å². The molecular weight excluding hydrogens is 264 g/mol. The Morgan fingerprint density at radius 1 is 0.545 bits per heavy atom. The zero-order chi connectivity index (χ0) is 15.1. The van der Waals surface area contributed by atoms with Crippen molar-refractivity contribution in [1.29, 1.82) is 0 Å². The van der Waals surface area contributed by atoms with Gasteiger partial charge in [-0.1, -0.05) is 66.2 Å². The number of rotatable bonds is 1. The number of hydrogen-bond donors (Lipinski definition) is 0. The maximum absolute atomic E-state index is 2.32. The summed E-state index contributed by atoms with van der Waals surface area (Å²) in [5.74, 6) is 0. The molecule has 0 spiro atoms. The maximum atomic E-state index is 2.32. The van der Waals surface area contributed by atoms with Crippen molar-refractivity contribution in [3.05, 3.63) is 83.9 Å². The van der Waals surface area contributed by atoms with Gasteiger partial charge in [-0.25, -0.2) is 0 Å². The Bertz CT molecular complexity index is 993. The zero-order valence-electron chi connectivity index (χ0n) is 12.9. The average Bonchev–Trinajstić information content (AvgIpc) is 2.53. The highest BCUT2D eigenvalue weighted by molar-refractivity contribution is 6.05. The van der Waals surface area contributed by atoms with Crippen molar-refractivity contribution in [2.24, 2.45) is 0 Å². The van der Waals surface area contributed by atoms with Gasteiger partial charge in [0.1, 0.15) is 0 Å². The van der Waals surface area contributed by atoms with Gasteiger partial charge in [-0.15, -0.1) is 0 Å². The topological polar surface area (TPSA) is 0 Å². The molecule has 0 amide bonds. The fourth-order valence-electron chi connectivity index (χ4n) is 3.32. The normalized spacial score (nSPS) is 11.2. The molecule has 0 saturated heterocycles. The van der Waals surface area contributed by atoms with E-state index in [1.165, 1.54) is 43.8 Å². The Hall–Kier alpha value is -2.60. The van der Waals surface area contributed by atoms with Gasteiger partial charge in [0.25, 0.3) is 0 Å². The van der Waals surface area contributed by atoms with E-state index in [9.17, 15) is 0 Å². The maximum Gasteiger partial charge on any atom is -0.00989 e. The molecule has 0 bridgehead atoms. The van der Waals surface area contributed by atoms with Crippen LogP contribution in [0.25, 0.3) is 32.7 Å². The van der Waals surface area contributed by atoms with E-state index in [-0.39, 0.29) is 0 Å². The smallest absolute Gasteiger partial charge is 0.00989 e. The van der Waals surface area contributed by atoms with Crippen LogP contribution in [-0.2, 0) is 0 Å². The molecule has 0 saturated carbocycles. The van der Waals surface area contributed by atoms with Crippen LogP contribution in [0.4, 0.5) is 0 Å². The summed E-state index contributed by atoms with van der Waals surface area (Å²) >= 11 is 0. The van der Waals surface area contributed by atoms with Crippen LogP contribution in [0.15, 0.2) is 72.8 Å². The molecule has 0 fully saturated rings. The monoisotopic (exact) mass is 282 g/mol. The molecule has 0 aliphatic heterocycles. The third-order valence-corrected chi connectivity index (χ3v) is 4.42. The highest BCUT2D eigenvalue weighted by Crippen LogP contribution is 2.33. The van der Waals surface area contributed by atoms with E-state index < -0.39 is 0 Å². The van der Waals surface area contributed by atoms with Gasteiger partial charge in [0, 0.05) is 0 Å². The molecule has 4 aromatic rings. The molecule has 0 N–H and O–H groups in total. The SMILES string of the molecule is Cc1ccc(-c2cccc3cc4ccccc4cc23)c(C)c1. The minimum absolute atomic E-state index is 1.30. The number of aryl methyl sites for hydroxylation is 2. The third-order valence-electron chi connectivity index (χ3n) is 4.42. The molecule has 0 aliphatic carbocycles. The molecule has 0 radical (unpaired) electrons. The van der Waals surface area contributed by atoms with Crippen LogP contribution in [-0.4, -0.2) is 0 Å². The summed E-state index contributed by atoms with van der Waals surface area (Å²) in [6, 6.07) is 26.5. The molecule has 22 heavy (non-hydrogen) atoms. The van der Waals surface area contributed by atoms with Gasteiger partial charge in [0.15, 0.2) is 0 Å². The van der Waals surface area contributed by atoms with Crippen LogP contribution in [0.2, 0.25) is 0 Å². The molecule has 0 atom stereocenters. The molecule has 0 heteroatoms. The lowest BCUT2D eigenvalue weighted by Gasteiger charge is -2.12. The van der Waals surface area contributed by atoms with Gasteiger partial charge in [-0.05, 0) is 64.2 Å². The minimum Gasteiger partial charge on any atom is -0.0616 e. The first-order valence-corrected chi connectivity index (χ1v) is 7.71. The van der Waals surface area contributed by atoms with Crippen molar-refractivity contribution in [3.63, 3.8) is 0 Å². The number of benzene rings is 4. The Balaban J connectivity index is 2.07. The van der Waals surface area contributed by atoms with Crippen LogP contribution < -0.4 is 0 Å². The molecule has 0 heterocycles. The van der Waals surface area contributed by atoms with Crippen molar-refractivity contribution in [3.8, 4) is 11.1 Å². The summed E-state index contributed by atoms with van der Waals surface area (Å²) in [6.45, 7) is 4.34. The first-order valence-electron chi connectivity index (χ1n) is 7.71. The first kappa shape index (κ1) is 13.1. The molecule has 0 unspecified atom stereocenters. The minimum atomic E-state index is 1.30. The predicted molar refractivity (Wildman–Crippen MR) is 96.4 cm³/mol. The van der Waals surface area contributed by atoms with E-state index in [0.717, 1.165) is 0 Å². The molecule has 0 aliphatic rings. The second-order valence-corrected chi connectivity index (χ2v) is 6.04. The van der Waals surface area contributed by atoms with Gasteiger partial charge in [0.2, 0.25) is 0 Å². The van der Waals surface area contributed by atoms with Crippen LogP contribution in [0.1, 0.15) is 11.1 Å². The Morgan fingerprint density at radius 3 is 2.05 bits per heavy atom. The van der Waals surface area contributed by atoms with E-state index >= 15 is 0 Å². The highest BCUT2D eigenvalue weighted by Gasteiger charge is 2.07. The Labute approximate surface area is 131 Å². The molecular formula is C22H18. The Morgan fingerprint density at radius 2 is 1.27 bits per heavy atom. The fraction of sp³-hybridized carbons (Fsp3) is 0.0909. The largest absolute Gasteiger partial charge is 0.0616 e. The molecule has 0 aromatic heterocycles. The zero-order valence-corrected chi connectivity index (χ0v) is 12.9. The first-order chi connectivity index (χ1) is 10.7. The second kappa shape index (κ2) is 4.99. The van der Waals surface area contributed by atoms with Crippen molar-refractivity contribution in [2.45, 2.75) is 13.8 Å². The molecule has 106 valence electrons. The highest BCUT2D eigenvalue weighted by atomic mass is 14.1. The van der Waals surface area contributed by atoms with E-state index in [1.54, 1.807) is 0 Å². The van der Waals surface area contributed by atoms with E-state index in [1.807, 2.05) is 0 Å². The lowest BCUT2D eigenvalue weighted by molar-refractivity contribution is 1.39. The summed E-state index contributed by atoms with van der Waals surface area (Å²) in [6.07, 6.45) is 0. The summed E-state index contributed by atoms with van der Waals surface area (Å²) in [5.41, 5.74) is 5.29. The number of hydrogen-bond acceptors (Lipinski definition) is 0. The third kappa shape index (κ3) is 2.08. The summed E-state index contributed by atoms with van der Waals surface area (Å²) < 4.78 is 0. The molecule has 4 rings (SSSR count). The fourth-order valence-corrected chi connectivity index (χ4v) is 3.32. The quantitative estimate of drug-likeness (QED) is 0.360. The Kier molecular flexibility index (Phi) is 2.97. The summed E-state index contributed by atoms with van der Waals surface area (Å²) in [7, 11) is 0. The van der Waals surface area contributed by atoms with Gasteiger partial charge >= 0.3 is 0 Å².